The minimum absolute atomic E-state index is 0.198. The maximum absolute atomic E-state index is 12.1. The molecule has 2 rings (SSSR count). The SMILES string of the molecule is CC1C(=O)N(c2ccc(C(=O)O)cc2[N+](=O)[O-])C(=O)C1C. The lowest BCUT2D eigenvalue weighted by molar-refractivity contribution is -0.384. The monoisotopic (exact) mass is 292 g/mol. The molecule has 1 heterocycles. The van der Waals surface area contributed by atoms with Crippen molar-refractivity contribution < 1.29 is 24.4 Å². The Morgan fingerprint density at radius 3 is 2.19 bits per heavy atom. The Morgan fingerprint density at radius 1 is 1.24 bits per heavy atom. The summed E-state index contributed by atoms with van der Waals surface area (Å²) in [5.41, 5.74) is -1.07. The highest BCUT2D eigenvalue weighted by atomic mass is 16.6. The van der Waals surface area contributed by atoms with E-state index in [1.807, 2.05) is 0 Å². The smallest absolute Gasteiger partial charge is 0.335 e. The molecule has 21 heavy (non-hydrogen) atoms. The first-order valence-electron chi connectivity index (χ1n) is 6.15. The summed E-state index contributed by atoms with van der Waals surface area (Å²) in [6.07, 6.45) is 0. The number of rotatable bonds is 3. The average Bonchev–Trinajstić information content (AvgIpc) is 2.62. The van der Waals surface area contributed by atoms with Crippen LogP contribution in [0.5, 0.6) is 0 Å². The molecule has 1 aliphatic heterocycles. The van der Waals surface area contributed by atoms with Crippen molar-refractivity contribution in [1.29, 1.82) is 0 Å². The second-order valence-corrected chi connectivity index (χ2v) is 4.85. The largest absolute Gasteiger partial charge is 0.478 e. The van der Waals surface area contributed by atoms with Crippen LogP contribution >= 0.6 is 0 Å². The third-order valence-electron chi connectivity index (χ3n) is 3.63. The Balaban J connectivity index is 2.59. The predicted molar refractivity (Wildman–Crippen MR) is 70.9 cm³/mol. The van der Waals surface area contributed by atoms with Gasteiger partial charge < -0.3 is 5.11 Å². The van der Waals surface area contributed by atoms with Crippen LogP contribution < -0.4 is 4.90 Å². The molecule has 1 fully saturated rings. The van der Waals surface area contributed by atoms with Crippen molar-refractivity contribution >= 4 is 29.2 Å². The first-order chi connectivity index (χ1) is 9.75. The van der Waals surface area contributed by atoms with Crippen LogP contribution in [-0.4, -0.2) is 27.8 Å². The molecule has 1 N–H and O–H groups in total. The van der Waals surface area contributed by atoms with E-state index in [1.54, 1.807) is 13.8 Å². The first-order valence-corrected chi connectivity index (χ1v) is 6.15. The van der Waals surface area contributed by atoms with Gasteiger partial charge >= 0.3 is 5.97 Å². The lowest BCUT2D eigenvalue weighted by Crippen LogP contribution is -2.31. The van der Waals surface area contributed by atoms with Crippen LogP contribution in [0.2, 0.25) is 0 Å². The number of hydrogen-bond acceptors (Lipinski definition) is 5. The number of carboxylic acids is 1. The van der Waals surface area contributed by atoms with E-state index in [2.05, 4.69) is 0 Å². The van der Waals surface area contributed by atoms with Gasteiger partial charge in [0.15, 0.2) is 0 Å². The summed E-state index contributed by atoms with van der Waals surface area (Å²) in [4.78, 5) is 46.1. The molecular weight excluding hydrogens is 280 g/mol. The van der Waals surface area contributed by atoms with E-state index >= 15 is 0 Å². The predicted octanol–water partition coefficient (Wildman–Crippen LogP) is 1.44. The van der Waals surface area contributed by atoms with Crippen LogP contribution in [0.4, 0.5) is 11.4 Å². The van der Waals surface area contributed by atoms with Gasteiger partial charge in [0.05, 0.1) is 10.5 Å². The molecule has 2 amide bonds. The summed E-state index contributed by atoms with van der Waals surface area (Å²) in [6, 6.07) is 3.08. The Hall–Kier alpha value is -2.77. The van der Waals surface area contributed by atoms with Crippen molar-refractivity contribution in [3.63, 3.8) is 0 Å². The average molecular weight is 292 g/mol. The molecule has 0 bridgehead atoms. The van der Waals surface area contributed by atoms with Gasteiger partial charge in [-0.15, -0.1) is 0 Å². The number of nitro benzene ring substituents is 1. The molecular formula is C13H12N2O6. The Kier molecular flexibility index (Phi) is 3.46. The zero-order chi connectivity index (χ0) is 15.9. The van der Waals surface area contributed by atoms with Crippen LogP contribution in [0, 0.1) is 22.0 Å². The van der Waals surface area contributed by atoms with Gasteiger partial charge in [0.2, 0.25) is 11.8 Å². The Labute approximate surface area is 119 Å². The number of carbonyl (C=O) groups excluding carboxylic acids is 2. The molecule has 1 aromatic rings. The molecule has 8 nitrogen and oxygen atoms in total. The number of nitro groups is 1. The number of anilines is 1. The van der Waals surface area contributed by atoms with Gasteiger partial charge in [0.1, 0.15) is 5.69 Å². The number of carboxylic acid groups (broad SMARTS) is 1. The second-order valence-electron chi connectivity index (χ2n) is 4.85. The standard InChI is InChI=1S/C13H12N2O6/c1-6-7(2)12(17)14(11(6)16)9-4-3-8(13(18)19)5-10(9)15(20)21/h3-7H,1-2H3,(H,18,19). The van der Waals surface area contributed by atoms with Crippen molar-refractivity contribution in [2.24, 2.45) is 11.8 Å². The van der Waals surface area contributed by atoms with E-state index < -0.39 is 40.2 Å². The number of amides is 2. The van der Waals surface area contributed by atoms with E-state index in [-0.39, 0.29) is 11.3 Å². The summed E-state index contributed by atoms with van der Waals surface area (Å²) in [5.74, 6) is -3.53. The fraction of sp³-hybridized carbons (Fsp3) is 0.308. The number of hydrogen-bond donors (Lipinski definition) is 1. The summed E-state index contributed by atoms with van der Waals surface area (Å²) >= 11 is 0. The van der Waals surface area contributed by atoms with Crippen LogP contribution in [0.15, 0.2) is 18.2 Å². The van der Waals surface area contributed by atoms with Crippen molar-refractivity contribution in [2.75, 3.05) is 4.90 Å². The minimum Gasteiger partial charge on any atom is -0.478 e. The van der Waals surface area contributed by atoms with Crippen molar-refractivity contribution in [1.82, 2.24) is 0 Å². The minimum atomic E-state index is -1.33. The molecule has 0 aromatic heterocycles. The van der Waals surface area contributed by atoms with Crippen molar-refractivity contribution in [3.05, 3.63) is 33.9 Å². The van der Waals surface area contributed by atoms with E-state index in [4.69, 9.17) is 5.11 Å². The lowest BCUT2D eigenvalue weighted by atomic mass is 10.00. The van der Waals surface area contributed by atoms with Gasteiger partial charge in [0, 0.05) is 17.9 Å². The molecule has 8 heteroatoms. The maximum atomic E-state index is 12.1. The quantitative estimate of drug-likeness (QED) is 0.511. The fourth-order valence-electron chi connectivity index (χ4n) is 2.17. The highest BCUT2D eigenvalue weighted by Gasteiger charge is 2.45. The molecule has 0 spiro atoms. The maximum Gasteiger partial charge on any atom is 0.335 e. The van der Waals surface area contributed by atoms with Crippen molar-refractivity contribution in [2.45, 2.75) is 13.8 Å². The topological polar surface area (TPSA) is 118 Å². The summed E-state index contributed by atoms with van der Waals surface area (Å²) in [7, 11) is 0. The van der Waals surface area contributed by atoms with Crippen LogP contribution in [0.25, 0.3) is 0 Å². The molecule has 0 aliphatic carbocycles. The molecule has 2 atom stereocenters. The van der Waals surface area contributed by atoms with E-state index in [0.29, 0.717) is 0 Å². The van der Waals surface area contributed by atoms with Gasteiger partial charge in [-0.05, 0) is 12.1 Å². The number of imide groups is 1. The fourth-order valence-corrected chi connectivity index (χ4v) is 2.17. The third kappa shape index (κ3) is 2.24. The highest BCUT2D eigenvalue weighted by Crippen LogP contribution is 2.36. The summed E-state index contributed by atoms with van der Waals surface area (Å²) < 4.78 is 0. The van der Waals surface area contributed by atoms with Crippen LogP contribution in [0.3, 0.4) is 0 Å². The zero-order valence-corrected chi connectivity index (χ0v) is 11.3. The normalized spacial score (nSPS) is 21.7. The van der Waals surface area contributed by atoms with Gasteiger partial charge in [0.25, 0.3) is 5.69 Å². The zero-order valence-electron chi connectivity index (χ0n) is 11.3. The number of carbonyl (C=O) groups is 3. The third-order valence-corrected chi connectivity index (χ3v) is 3.63. The molecule has 2 unspecified atom stereocenters. The Morgan fingerprint density at radius 2 is 1.76 bits per heavy atom. The summed E-state index contributed by atoms with van der Waals surface area (Å²) in [5, 5.41) is 20.0. The van der Waals surface area contributed by atoms with E-state index in [0.717, 1.165) is 23.1 Å². The Bertz CT molecular complexity index is 649. The molecule has 110 valence electrons. The number of aromatic carboxylic acids is 1. The lowest BCUT2D eigenvalue weighted by Gasteiger charge is -2.14. The molecule has 0 radical (unpaired) electrons. The number of nitrogens with zero attached hydrogens (tertiary/aromatic N) is 2. The van der Waals surface area contributed by atoms with E-state index in [1.165, 1.54) is 0 Å². The van der Waals surface area contributed by atoms with Crippen LogP contribution in [0.1, 0.15) is 24.2 Å². The second kappa shape index (κ2) is 4.97. The molecule has 1 aromatic carbocycles. The molecule has 1 saturated heterocycles. The molecule has 0 saturated carbocycles. The van der Waals surface area contributed by atoms with Crippen molar-refractivity contribution in [3.8, 4) is 0 Å². The number of benzene rings is 1. The van der Waals surface area contributed by atoms with E-state index in [9.17, 15) is 24.5 Å². The van der Waals surface area contributed by atoms with Gasteiger partial charge in [-0.25, -0.2) is 9.69 Å². The van der Waals surface area contributed by atoms with Crippen LogP contribution in [-0.2, 0) is 9.59 Å². The van der Waals surface area contributed by atoms with Gasteiger partial charge in [-0.1, -0.05) is 13.8 Å². The van der Waals surface area contributed by atoms with Gasteiger partial charge in [-0.3, -0.25) is 19.7 Å². The highest BCUT2D eigenvalue weighted by molar-refractivity contribution is 6.22. The van der Waals surface area contributed by atoms with Gasteiger partial charge in [-0.2, -0.15) is 0 Å². The first kappa shape index (κ1) is 14.6. The molecule has 1 aliphatic rings. The summed E-state index contributed by atoms with van der Waals surface area (Å²) in [6.45, 7) is 3.14.